The van der Waals surface area contributed by atoms with E-state index in [9.17, 15) is 0 Å². The summed E-state index contributed by atoms with van der Waals surface area (Å²) in [5.41, 5.74) is 10.5. The van der Waals surface area contributed by atoms with Crippen molar-refractivity contribution in [2.45, 2.75) is 19.3 Å². The summed E-state index contributed by atoms with van der Waals surface area (Å²) in [6, 6.07) is 49.8. The number of hydrogen-bond donors (Lipinski definition) is 0. The number of anilines is 3. The molecular weight excluding hydrogens is 543 g/mol. The molecule has 0 fully saturated rings. The Morgan fingerprint density at radius 3 is 1.95 bits per heavy atom. The van der Waals surface area contributed by atoms with Gasteiger partial charge in [0.1, 0.15) is 5.01 Å². The highest BCUT2D eigenvalue weighted by molar-refractivity contribution is 7.09. The number of rotatable bonds is 4. The van der Waals surface area contributed by atoms with Gasteiger partial charge in [-0.15, -0.1) is 0 Å². The Morgan fingerprint density at radius 1 is 0.535 bits per heavy atom. The van der Waals surface area contributed by atoms with Crippen molar-refractivity contribution in [1.82, 2.24) is 9.36 Å². The number of aromatic nitrogens is 2. The standard InChI is InChI=1S/C39H29N3S/c1-39(2)33-17-5-7-19-35(33)42(36-20-8-6-18-34(36)39)32-16-10-14-30(25-32)37-40-38(43-41-37)31-15-9-13-28(24-31)29-22-21-26-11-3-4-12-27(26)23-29/h3-25H,1-2H3. The van der Waals surface area contributed by atoms with E-state index in [1.165, 1.54) is 55.9 Å². The Hall–Kier alpha value is -5.06. The smallest absolute Gasteiger partial charge is 0.173 e. The van der Waals surface area contributed by atoms with Gasteiger partial charge in [0.05, 0.1) is 11.4 Å². The summed E-state index contributed by atoms with van der Waals surface area (Å²) in [7, 11) is 0. The van der Waals surface area contributed by atoms with E-state index in [-0.39, 0.29) is 5.41 Å². The van der Waals surface area contributed by atoms with Crippen LogP contribution in [-0.2, 0) is 5.41 Å². The maximum absolute atomic E-state index is 5.02. The molecular formula is C39H29N3S. The van der Waals surface area contributed by atoms with Crippen LogP contribution in [0, 0.1) is 0 Å². The van der Waals surface area contributed by atoms with Gasteiger partial charge in [-0.05, 0) is 81.0 Å². The highest BCUT2D eigenvalue weighted by atomic mass is 32.1. The minimum atomic E-state index is -0.0892. The van der Waals surface area contributed by atoms with E-state index < -0.39 is 0 Å². The van der Waals surface area contributed by atoms with Crippen molar-refractivity contribution in [3.63, 3.8) is 0 Å². The van der Waals surface area contributed by atoms with Crippen molar-refractivity contribution in [2.75, 3.05) is 4.90 Å². The summed E-state index contributed by atoms with van der Waals surface area (Å²) >= 11 is 1.45. The Bertz CT molecular complexity index is 2090. The summed E-state index contributed by atoms with van der Waals surface area (Å²) in [5, 5.41) is 3.41. The lowest BCUT2D eigenvalue weighted by molar-refractivity contribution is 0.632. The van der Waals surface area contributed by atoms with Crippen LogP contribution in [0.2, 0.25) is 0 Å². The number of fused-ring (bicyclic) bond motifs is 3. The van der Waals surface area contributed by atoms with Gasteiger partial charge in [-0.2, -0.15) is 4.37 Å². The molecule has 4 heteroatoms. The van der Waals surface area contributed by atoms with Crippen LogP contribution in [-0.4, -0.2) is 9.36 Å². The molecule has 0 saturated heterocycles. The molecule has 0 aliphatic carbocycles. The molecule has 0 atom stereocenters. The fraction of sp³-hybridized carbons (Fsp3) is 0.0769. The normalized spacial score (nSPS) is 13.5. The monoisotopic (exact) mass is 571 g/mol. The first-order chi connectivity index (χ1) is 21.1. The third kappa shape index (κ3) is 4.34. The largest absolute Gasteiger partial charge is 0.310 e. The van der Waals surface area contributed by atoms with Crippen molar-refractivity contribution in [1.29, 1.82) is 0 Å². The quantitative estimate of drug-likeness (QED) is 0.210. The first-order valence-corrected chi connectivity index (χ1v) is 15.4. The first kappa shape index (κ1) is 25.6. The molecule has 1 aromatic heterocycles. The molecule has 0 spiro atoms. The van der Waals surface area contributed by atoms with Crippen molar-refractivity contribution >= 4 is 39.4 Å². The van der Waals surface area contributed by atoms with E-state index in [0.29, 0.717) is 0 Å². The van der Waals surface area contributed by atoms with Crippen LogP contribution in [0.5, 0.6) is 0 Å². The molecule has 0 unspecified atom stereocenters. The second-order valence-corrected chi connectivity index (χ2v) is 12.4. The fourth-order valence-corrected chi connectivity index (χ4v) is 7.07. The Morgan fingerprint density at radius 2 is 1.16 bits per heavy atom. The van der Waals surface area contributed by atoms with Gasteiger partial charge in [-0.3, -0.25) is 0 Å². The SMILES string of the molecule is CC1(C)c2ccccc2N(c2cccc(-c3nsc(-c4cccc(-c5ccc6ccccc6c5)c4)n3)c2)c2ccccc21. The highest BCUT2D eigenvalue weighted by Crippen LogP contribution is 2.51. The van der Waals surface area contributed by atoms with E-state index in [2.05, 4.69) is 158 Å². The average Bonchev–Trinajstić information content (AvgIpc) is 3.56. The second-order valence-electron chi connectivity index (χ2n) is 11.6. The van der Waals surface area contributed by atoms with Crippen molar-refractivity contribution < 1.29 is 0 Å². The van der Waals surface area contributed by atoms with Crippen molar-refractivity contribution in [2.24, 2.45) is 0 Å². The predicted molar refractivity (Wildman–Crippen MR) is 181 cm³/mol. The minimum absolute atomic E-state index is 0.0892. The zero-order chi connectivity index (χ0) is 29.0. The molecule has 3 nitrogen and oxygen atoms in total. The first-order valence-electron chi connectivity index (χ1n) is 14.6. The molecule has 1 aliphatic rings. The summed E-state index contributed by atoms with van der Waals surface area (Å²) < 4.78 is 4.82. The highest BCUT2D eigenvalue weighted by Gasteiger charge is 2.36. The molecule has 0 bridgehead atoms. The molecule has 0 saturated carbocycles. The number of hydrogen-bond acceptors (Lipinski definition) is 4. The topological polar surface area (TPSA) is 29.0 Å². The van der Waals surface area contributed by atoms with Gasteiger partial charge in [0.25, 0.3) is 0 Å². The Balaban J connectivity index is 1.16. The van der Waals surface area contributed by atoms with Crippen molar-refractivity contribution in [3.8, 4) is 33.1 Å². The number of para-hydroxylation sites is 2. The maximum Gasteiger partial charge on any atom is 0.173 e. The maximum atomic E-state index is 5.02. The molecule has 43 heavy (non-hydrogen) atoms. The van der Waals surface area contributed by atoms with Gasteiger partial charge in [0, 0.05) is 22.2 Å². The summed E-state index contributed by atoms with van der Waals surface area (Å²) in [5.74, 6) is 0.747. The zero-order valence-electron chi connectivity index (χ0n) is 24.0. The lowest BCUT2D eigenvalue weighted by atomic mass is 9.73. The van der Waals surface area contributed by atoms with E-state index in [4.69, 9.17) is 9.36 Å². The molecule has 2 heterocycles. The molecule has 0 amide bonds. The third-order valence-corrected chi connectivity index (χ3v) is 9.38. The lowest BCUT2D eigenvalue weighted by Crippen LogP contribution is -2.30. The van der Waals surface area contributed by atoms with Crippen LogP contribution < -0.4 is 4.90 Å². The third-order valence-electron chi connectivity index (χ3n) is 8.62. The van der Waals surface area contributed by atoms with Gasteiger partial charge in [-0.1, -0.05) is 117 Å². The molecule has 8 rings (SSSR count). The molecule has 7 aromatic rings. The molecule has 1 aliphatic heterocycles. The van der Waals surface area contributed by atoms with E-state index in [1.54, 1.807) is 0 Å². The van der Waals surface area contributed by atoms with Crippen LogP contribution in [0.25, 0.3) is 43.9 Å². The van der Waals surface area contributed by atoms with Gasteiger partial charge in [0.2, 0.25) is 0 Å². The van der Waals surface area contributed by atoms with E-state index >= 15 is 0 Å². The molecule has 0 radical (unpaired) electrons. The molecule has 206 valence electrons. The van der Waals surface area contributed by atoms with E-state index in [1.807, 2.05) is 0 Å². The minimum Gasteiger partial charge on any atom is -0.310 e. The fourth-order valence-electron chi connectivity index (χ4n) is 6.39. The zero-order valence-corrected chi connectivity index (χ0v) is 24.8. The predicted octanol–water partition coefficient (Wildman–Crippen LogP) is 10.8. The summed E-state index contributed by atoms with van der Waals surface area (Å²) in [6.45, 7) is 4.63. The van der Waals surface area contributed by atoms with Gasteiger partial charge in [0.15, 0.2) is 5.82 Å². The summed E-state index contributed by atoms with van der Waals surface area (Å²) in [6.07, 6.45) is 0. The number of nitrogens with zero attached hydrogens (tertiary/aromatic N) is 3. The lowest BCUT2D eigenvalue weighted by Gasteiger charge is -2.42. The van der Waals surface area contributed by atoms with Crippen LogP contribution in [0.15, 0.2) is 140 Å². The van der Waals surface area contributed by atoms with Crippen LogP contribution in [0.3, 0.4) is 0 Å². The van der Waals surface area contributed by atoms with Gasteiger partial charge < -0.3 is 4.90 Å². The molecule has 0 N–H and O–H groups in total. The van der Waals surface area contributed by atoms with Crippen LogP contribution in [0.4, 0.5) is 17.1 Å². The average molecular weight is 572 g/mol. The van der Waals surface area contributed by atoms with Crippen LogP contribution in [0.1, 0.15) is 25.0 Å². The number of benzene rings is 6. The molecule has 6 aromatic carbocycles. The summed E-state index contributed by atoms with van der Waals surface area (Å²) in [4.78, 5) is 7.40. The Labute approximate surface area is 255 Å². The second kappa shape index (κ2) is 10.0. The van der Waals surface area contributed by atoms with Gasteiger partial charge in [-0.25, -0.2) is 4.98 Å². The van der Waals surface area contributed by atoms with Gasteiger partial charge >= 0.3 is 0 Å². The van der Waals surface area contributed by atoms with Crippen molar-refractivity contribution in [3.05, 3.63) is 151 Å². The van der Waals surface area contributed by atoms with E-state index in [0.717, 1.165) is 27.6 Å². The Kier molecular flexibility index (Phi) is 5.99. The van der Waals surface area contributed by atoms with Crippen LogP contribution >= 0.6 is 11.5 Å².